The molecule has 0 radical (unpaired) electrons. The molecule has 1 atom stereocenters. The molecule has 1 amide bonds. The first-order valence-electron chi connectivity index (χ1n) is 4.54. The average molecular weight is 224 g/mol. The van der Waals surface area contributed by atoms with Crippen LogP contribution in [0.5, 0.6) is 5.75 Å². The fourth-order valence-corrected chi connectivity index (χ4v) is 1.14. The van der Waals surface area contributed by atoms with Crippen LogP contribution in [-0.4, -0.2) is 28.6 Å². The van der Waals surface area contributed by atoms with Gasteiger partial charge < -0.3 is 21.3 Å². The van der Waals surface area contributed by atoms with E-state index in [9.17, 15) is 14.7 Å². The van der Waals surface area contributed by atoms with E-state index in [1.54, 1.807) is 12.1 Å². The Hall–Kier alpha value is -2.08. The second-order valence-corrected chi connectivity index (χ2v) is 3.18. The predicted molar refractivity (Wildman–Crippen MR) is 55.7 cm³/mol. The maximum atomic E-state index is 11.4. The fourth-order valence-electron chi connectivity index (χ4n) is 1.14. The number of phenolic OH excluding ortho intramolecular Hbond substituents is 1. The van der Waals surface area contributed by atoms with E-state index in [0.29, 0.717) is 5.56 Å². The molecule has 0 aliphatic heterocycles. The first-order chi connectivity index (χ1) is 7.50. The first kappa shape index (κ1) is 12.0. The van der Waals surface area contributed by atoms with Gasteiger partial charge in [0.2, 0.25) is 5.91 Å². The molecular weight excluding hydrogens is 212 g/mol. The first-order valence-corrected chi connectivity index (χ1v) is 4.54. The summed E-state index contributed by atoms with van der Waals surface area (Å²) >= 11 is 0. The Morgan fingerprint density at radius 1 is 1.44 bits per heavy atom. The largest absolute Gasteiger partial charge is 0.508 e. The number of hydrogen-bond acceptors (Lipinski definition) is 4. The summed E-state index contributed by atoms with van der Waals surface area (Å²) in [4.78, 5) is 21.6. The Kier molecular flexibility index (Phi) is 3.84. The molecule has 0 saturated heterocycles. The summed E-state index contributed by atoms with van der Waals surface area (Å²) < 4.78 is 0. The van der Waals surface area contributed by atoms with Crippen LogP contribution < -0.4 is 11.1 Å². The number of amides is 1. The van der Waals surface area contributed by atoms with Crippen molar-refractivity contribution in [2.75, 3.05) is 6.54 Å². The van der Waals surface area contributed by atoms with Crippen LogP contribution in [0.1, 0.15) is 11.6 Å². The quantitative estimate of drug-likeness (QED) is 0.555. The molecule has 16 heavy (non-hydrogen) atoms. The van der Waals surface area contributed by atoms with E-state index < -0.39 is 24.5 Å². The third-order valence-electron chi connectivity index (χ3n) is 1.93. The molecule has 6 nitrogen and oxygen atoms in total. The van der Waals surface area contributed by atoms with Crippen molar-refractivity contribution in [1.82, 2.24) is 5.32 Å². The number of hydrogen-bond donors (Lipinski definition) is 4. The number of aromatic hydroxyl groups is 1. The van der Waals surface area contributed by atoms with Crippen LogP contribution in [0.3, 0.4) is 0 Å². The van der Waals surface area contributed by atoms with Gasteiger partial charge in [-0.25, -0.2) is 0 Å². The monoisotopic (exact) mass is 224 g/mol. The van der Waals surface area contributed by atoms with Crippen molar-refractivity contribution in [3.63, 3.8) is 0 Å². The van der Waals surface area contributed by atoms with Crippen molar-refractivity contribution in [3.05, 3.63) is 29.8 Å². The number of phenols is 1. The molecule has 5 N–H and O–H groups in total. The molecular formula is C10H12N2O4. The Bertz CT molecular complexity index is 406. The number of carbonyl (C=O) groups excluding carboxylic acids is 1. The summed E-state index contributed by atoms with van der Waals surface area (Å²) in [6.45, 7) is -0.481. The zero-order chi connectivity index (χ0) is 12.1. The lowest BCUT2D eigenvalue weighted by Gasteiger charge is -2.11. The Morgan fingerprint density at radius 2 is 2.12 bits per heavy atom. The number of carboxylic acid groups (broad SMARTS) is 1. The van der Waals surface area contributed by atoms with Gasteiger partial charge in [-0.1, -0.05) is 12.1 Å². The number of benzene rings is 1. The summed E-state index contributed by atoms with van der Waals surface area (Å²) in [6, 6.07) is 4.93. The minimum Gasteiger partial charge on any atom is -0.508 e. The third kappa shape index (κ3) is 3.25. The van der Waals surface area contributed by atoms with Crippen molar-refractivity contribution >= 4 is 11.9 Å². The summed E-state index contributed by atoms with van der Waals surface area (Å²) in [7, 11) is 0. The second kappa shape index (κ2) is 5.13. The number of nitrogens with two attached hydrogens (primary N) is 1. The number of aliphatic carboxylic acids is 1. The minimum atomic E-state index is -1.14. The van der Waals surface area contributed by atoms with Crippen LogP contribution in [0.25, 0.3) is 0 Å². The molecule has 0 saturated carbocycles. The van der Waals surface area contributed by atoms with E-state index in [1.165, 1.54) is 12.1 Å². The Labute approximate surface area is 91.7 Å². The highest BCUT2D eigenvalue weighted by Gasteiger charge is 2.16. The molecule has 0 spiro atoms. The molecule has 1 aromatic carbocycles. The molecule has 86 valence electrons. The van der Waals surface area contributed by atoms with Gasteiger partial charge >= 0.3 is 5.97 Å². The van der Waals surface area contributed by atoms with E-state index in [2.05, 4.69) is 5.32 Å². The number of carbonyl (C=O) groups is 2. The van der Waals surface area contributed by atoms with E-state index >= 15 is 0 Å². The fraction of sp³-hybridized carbons (Fsp3) is 0.200. The lowest BCUT2D eigenvalue weighted by atomic mass is 10.1. The molecule has 0 aliphatic rings. The van der Waals surface area contributed by atoms with Crippen molar-refractivity contribution < 1.29 is 19.8 Å². The van der Waals surface area contributed by atoms with Gasteiger partial charge in [-0.2, -0.15) is 0 Å². The highest BCUT2D eigenvalue weighted by molar-refractivity contribution is 5.86. The summed E-state index contributed by atoms with van der Waals surface area (Å²) in [6.07, 6.45) is 0. The average Bonchev–Trinajstić information content (AvgIpc) is 2.24. The lowest BCUT2D eigenvalue weighted by Crippen LogP contribution is -2.37. The SMILES string of the molecule is N[C@@H](C(=O)NCC(=O)O)c1cccc(O)c1. The smallest absolute Gasteiger partial charge is 0.322 e. The molecule has 1 rings (SSSR count). The topological polar surface area (TPSA) is 113 Å². The normalized spacial score (nSPS) is 11.8. The highest BCUT2D eigenvalue weighted by atomic mass is 16.4. The van der Waals surface area contributed by atoms with Crippen molar-refractivity contribution in [3.8, 4) is 5.75 Å². The van der Waals surface area contributed by atoms with Crippen molar-refractivity contribution in [1.29, 1.82) is 0 Å². The number of rotatable bonds is 4. The van der Waals surface area contributed by atoms with Gasteiger partial charge in [0.15, 0.2) is 0 Å². The van der Waals surface area contributed by atoms with Gasteiger partial charge in [0.05, 0.1) is 0 Å². The van der Waals surface area contributed by atoms with Gasteiger partial charge in [0.1, 0.15) is 18.3 Å². The molecule has 0 fully saturated rings. The maximum Gasteiger partial charge on any atom is 0.322 e. The molecule has 6 heteroatoms. The molecule has 0 aliphatic carbocycles. The molecule has 0 aromatic heterocycles. The van der Waals surface area contributed by atoms with Gasteiger partial charge in [0, 0.05) is 0 Å². The zero-order valence-electron chi connectivity index (χ0n) is 8.38. The number of nitrogens with one attached hydrogen (secondary N) is 1. The van der Waals surface area contributed by atoms with Crippen LogP contribution in [0, 0.1) is 0 Å². The zero-order valence-corrected chi connectivity index (χ0v) is 8.38. The van der Waals surface area contributed by atoms with E-state index in [1.807, 2.05) is 0 Å². The van der Waals surface area contributed by atoms with E-state index in [0.717, 1.165) is 0 Å². The van der Waals surface area contributed by atoms with Crippen LogP contribution in [0.4, 0.5) is 0 Å². The van der Waals surface area contributed by atoms with Crippen LogP contribution >= 0.6 is 0 Å². The molecule has 0 bridgehead atoms. The van der Waals surface area contributed by atoms with Crippen molar-refractivity contribution in [2.45, 2.75) is 6.04 Å². The molecule has 1 aromatic rings. The lowest BCUT2D eigenvalue weighted by molar-refractivity contribution is -0.138. The number of carboxylic acids is 1. The summed E-state index contributed by atoms with van der Waals surface area (Å²) in [5.41, 5.74) is 6.00. The summed E-state index contributed by atoms with van der Waals surface area (Å²) in [5, 5.41) is 19.7. The standard InChI is InChI=1S/C10H12N2O4/c11-9(10(16)12-5-8(14)15)6-2-1-3-7(13)4-6/h1-4,9,13H,5,11H2,(H,12,16)(H,14,15)/t9-/m1/s1. The Morgan fingerprint density at radius 3 is 2.69 bits per heavy atom. The molecule has 0 unspecified atom stereocenters. The van der Waals surface area contributed by atoms with Gasteiger partial charge in [-0.3, -0.25) is 9.59 Å². The van der Waals surface area contributed by atoms with E-state index in [4.69, 9.17) is 10.8 Å². The van der Waals surface area contributed by atoms with Gasteiger partial charge in [-0.05, 0) is 17.7 Å². The van der Waals surface area contributed by atoms with Crippen molar-refractivity contribution in [2.24, 2.45) is 5.73 Å². The van der Waals surface area contributed by atoms with Gasteiger partial charge in [-0.15, -0.1) is 0 Å². The highest BCUT2D eigenvalue weighted by Crippen LogP contribution is 2.16. The third-order valence-corrected chi connectivity index (χ3v) is 1.93. The van der Waals surface area contributed by atoms with E-state index in [-0.39, 0.29) is 5.75 Å². The maximum absolute atomic E-state index is 11.4. The van der Waals surface area contributed by atoms with Gasteiger partial charge in [0.25, 0.3) is 0 Å². The molecule has 0 heterocycles. The minimum absolute atomic E-state index is 0.000940. The van der Waals surface area contributed by atoms with Crippen LogP contribution in [0.2, 0.25) is 0 Å². The van der Waals surface area contributed by atoms with Crippen LogP contribution in [-0.2, 0) is 9.59 Å². The Balaban J connectivity index is 2.66. The second-order valence-electron chi connectivity index (χ2n) is 3.18. The predicted octanol–water partition coefficient (Wildman–Crippen LogP) is -0.407. The summed E-state index contributed by atoms with van der Waals surface area (Å²) in [5.74, 6) is -1.75. The van der Waals surface area contributed by atoms with Crippen LogP contribution in [0.15, 0.2) is 24.3 Å².